The van der Waals surface area contributed by atoms with Crippen LogP contribution in [0, 0.1) is 0 Å². The summed E-state index contributed by atoms with van der Waals surface area (Å²) in [5.74, 6) is -0.324. The Hall–Kier alpha value is -0.610. The summed E-state index contributed by atoms with van der Waals surface area (Å²) < 4.78 is 4.73. The molecule has 0 radical (unpaired) electrons. The maximum Gasteiger partial charge on any atom is 0.325 e. The summed E-state index contributed by atoms with van der Waals surface area (Å²) in [5, 5.41) is 0. The smallest absolute Gasteiger partial charge is 0.325 e. The van der Waals surface area contributed by atoms with Gasteiger partial charge in [-0.15, -0.1) is 0 Å². The van der Waals surface area contributed by atoms with E-state index >= 15 is 0 Å². The lowest BCUT2D eigenvalue weighted by molar-refractivity contribution is -0.146. The molecule has 100 valence electrons. The van der Waals surface area contributed by atoms with E-state index in [-0.39, 0.29) is 5.97 Å². The Morgan fingerprint density at radius 1 is 1.41 bits per heavy atom. The van der Waals surface area contributed by atoms with E-state index in [2.05, 4.69) is 18.7 Å². The number of nitrogens with zero attached hydrogens (tertiary/aromatic N) is 1. The molecule has 1 aliphatic rings. The molecule has 1 heterocycles. The second-order valence-corrected chi connectivity index (χ2v) is 5.53. The first-order valence-electron chi connectivity index (χ1n) is 6.51. The third-order valence-electron chi connectivity index (χ3n) is 3.92. The van der Waals surface area contributed by atoms with Gasteiger partial charge in [-0.1, -0.05) is 6.42 Å². The lowest BCUT2D eigenvalue weighted by Gasteiger charge is -2.40. The van der Waals surface area contributed by atoms with Crippen molar-refractivity contribution >= 4 is 5.97 Å². The minimum absolute atomic E-state index is 0.324. The number of esters is 1. The second kappa shape index (κ2) is 5.83. The molecule has 0 bridgehead atoms. The van der Waals surface area contributed by atoms with E-state index in [1.165, 1.54) is 26.4 Å². The monoisotopic (exact) mass is 242 g/mol. The van der Waals surface area contributed by atoms with Crippen LogP contribution in [-0.2, 0) is 9.53 Å². The Bertz CT molecular complexity index is 256. The molecule has 0 aromatic heterocycles. The van der Waals surface area contributed by atoms with Gasteiger partial charge in [-0.25, -0.2) is 0 Å². The van der Waals surface area contributed by atoms with Gasteiger partial charge in [0.2, 0.25) is 0 Å². The summed E-state index contributed by atoms with van der Waals surface area (Å²) in [7, 11) is 1.39. The molecule has 1 saturated heterocycles. The molecule has 1 rings (SSSR count). The molecule has 1 aliphatic heterocycles. The van der Waals surface area contributed by atoms with Crippen LogP contribution in [0.25, 0.3) is 0 Å². The third kappa shape index (κ3) is 3.68. The summed E-state index contributed by atoms with van der Waals surface area (Å²) in [6, 6.07) is 1.18. The van der Waals surface area contributed by atoms with Crippen LogP contribution < -0.4 is 5.73 Å². The maximum absolute atomic E-state index is 11.5. The molecule has 1 unspecified atom stereocenters. The average molecular weight is 242 g/mol. The van der Waals surface area contributed by atoms with Gasteiger partial charge in [-0.2, -0.15) is 0 Å². The summed E-state index contributed by atoms with van der Waals surface area (Å²) in [4.78, 5) is 14.0. The van der Waals surface area contributed by atoms with Crippen molar-refractivity contribution in [1.82, 2.24) is 4.90 Å². The average Bonchev–Trinajstić information content (AvgIpc) is 2.27. The summed E-state index contributed by atoms with van der Waals surface area (Å²) >= 11 is 0. The Labute approximate surface area is 104 Å². The number of hydrogen-bond donors (Lipinski definition) is 1. The third-order valence-corrected chi connectivity index (χ3v) is 3.92. The lowest BCUT2D eigenvalue weighted by Crippen LogP contribution is -2.51. The molecule has 0 aromatic carbocycles. The van der Waals surface area contributed by atoms with Gasteiger partial charge in [0.25, 0.3) is 0 Å². The van der Waals surface area contributed by atoms with Crippen LogP contribution in [-0.4, -0.2) is 42.1 Å². The van der Waals surface area contributed by atoms with Crippen molar-refractivity contribution in [2.45, 2.75) is 64.1 Å². The standard InChI is InChI=1S/C13H26N2O2/c1-10-6-5-7-11(2)15(10)9-8-13(3,14)12(16)17-4/h10-11H,5-9,14H2,1-4H3/t10-,11+,13?. The van der Waals surface area contributed by atoms with Crippen LogP contribution in [0.3, 0.4) is 0 Å². The molecule has 0 spiro atoms. The van der Waals surface area contributed by atoms with Gasteiger partial charge in [-0.05, 0) is 40.0 Å². The molecule has 0 aromatic rings. The molecule has 2 N–H and O–H groups in total. The van der Waals surface area contributed by atoms with Crippen LogP contribution in [0.15, 0.2) is 0 Å². The van der Waals surface area contributed by atoms with Crippen molar-refractivity contribution in [2.75, 3.05) is 13.7 Å². The van der Waals surface area contributed by atoms with Crippen molar-refractivity contribution < 1.29 is 9.53 Å². The predicted octanol–water partition coefficient (Wildman–Crippen LogP) is 1.53. The van der Waals surface area contributed by atoms with Crippen molar-refractivity contribution in [3.05, 3.63) is 0 Å². The molecule has 0 saturated carbocycles. The quantitative estimate of drug-likeness (QED) is 0.760. The summed E-state index contributed by atoms with van der Waals surface area (Å²) in [6.45, 7) is 7.12. The fourth-order valence-corrected chi connectivity index (χ4v) is 2.61. The van der Waals surface area contributed by atoms with Gasteiger partial charge in [0, 0.05) is 18.6 Å². The lowest BCUT2D eigenvalue weighted by atomic mass is 9.94. The van der Waals surface area contributed by atoms with Gasteiger partial charge in [0.05, 0.1) is 7.11 Å². The van der Waals surface area contributed by atoms with Gasteiger partial charge >= 0.3 is 5.97 Å². The molecule has 0 aliphatic carbocycles. The zero-order valence-electron chi connectivity index (χ0n) is 11.5. The number of methoxy groups -OCH3 is 1. The highest BCUT2D eigenvalue weighted by molar-refractivity contribution is 5.79. The van der Waals surface area contributed by atoms with Crippen LogP contribution >= 0.6 is 0 Å². The van der Waals surface area contributed by atoms with Crippen molar-refractivity contribution in [3.8, 4) is 0 Å². The van der Waals surface area contributed by atoms with E-state index in [9.17, 15) is 4.79 Å². The SMILES string of the molecule is COC(=O)C(C)(N)CCN1[C@H](C)CCC[C@@H]1C. The predicted molar refractivity (Wildman–Crippen MR) is 68.7 cm³/mol. The van der Waals surface area contributed by atoms with E-state index in [0.717, 1.165) is 6.54 Å². The Morgan fingerprint density at radius 3 is 2.41 bits per heavy atom. The Morgan fingerprint density at radius 2 is 1.94 bits per heavy atom. The van der Waals surface area contributed by atoms with Gasteiger partial charge in [0.15, 0.2) is 0 Å². The van der Waals surface area contributed by atoms with Gasteiger partial charge in [0.1, 0.15) is 5.54 Å². The molecule has 17 heavy (non-hydrogen) atoms. The van der Waals surface area contributed by atoms with Crippen LogP contribution in [0.4, 0.5) is 0 Å². The second-order valence-electron chi connectivity index (χ2n) is 5.53. The Balaban J connectivity index is 2.51. The van der Waals surface area contributed by atoms with Crippen molar-refractivity contribution in [3.63, 3.8) is 0 Å². The number of carbonyl (C=O) groups is 1. The van der Waals surface area contributed by atoms with E-state index < -0.39 is 5.54 Å². The van der Waals surface area contributed by atoms with Crippen LogP contribution in [0.5, 0.6) is 0 Å². The zero-order chi connectivity index (χ0) is 13.1. The highest BCUT2D eigenvalue weighted by Crippen LogP contribution is 2.23. The number of piperidine rings is 1. The molecule has 1 fully saturated rings. The molecule has 4 nitrogen and oxygen atoms in total. The van der Waals surface area contributed by atoms with Crippen LogP contribution in [0.1, 0.15) is 46.5 Å². The molecule has 4 heteroatoms. The van der Waals surface area contributed by atoms with E-state index in [1.807, 2.05) is 0 Å². The molecule has 0 amide bonds. The number of carbonyl (C=O) groups excluding carboxylic acids is 1. The first-order valence-corrected chi connectivity index (χ1v) is 6.51. The maximum atomic E-state index is 11.5. The van der Waals surface area contributed by atoms with E-state index in [4.69, 9.17) is 10.5 Å². The molecular weight excluding hydrogens is 216 g/mol. The Kier molecular flexibility index (Phi) is 4.95. The molecule has 3 atom stereocenters. The summed E-state index contributed by atoms with van der Waals surface area (Å²) in [5.41, 5.74) is 5.11. The number of ether oxygens (including phenoxy) is 1. The number of nitrogens with two attached hydrogens (primary N) is 1. The van der Waals surface area contributed by atoms with E-state index in [0.29, 0.717) is 18.5 Å². The number of rotatable bonds is 4. The van der Waals surface area contributed by atoms with E-state index in [1.54, 1.807) is 6.92 Å². The van der Waals surface area contributed by atoms with Crippen molar-refractivity contribution in [1.29, 1.82) is 0 Å². The first kappa shape index (κ1) is 14.5. The molecular formula is C13H26N2O2. The largest absolute Gasteiger partial charge is 0.468 e. The fourth-order valence-electron chi connectivity index (χ4n) is 2.61. The topological polar surface area (TPSA) is 55.6 Å². The number of hydrogen-bond acceptors (Lipinski definition) is 4. The van der Waals surface area contributed by atoms with Crippen LogP contribution in [0.2, 0.25) is 0 Å². The highest BCUT2D eigenvalue weighted by Gasteiger charge is 2.32. The van der Waals surface area contributed by atoms with Gasteiger partial charge in [-0.3, -0.25) is 9.69 Å². The highest BCUT2D eigenvalue weighted by atomic mass is 16.5. The van der Waals surface area contributed by atoms with Crippen molar-refractivity contribution in [2.24, 2.45) is 5.73 Å². The zero-order valence-corrected chi connectivity index (χ0v) is 11.5. The fraction of sp³-hybridized carbons (Fsp3) is 0.923. The normalized spacial score (nSPS) is 29.7. The van der Waals surface area contributed by atoms with Gasteiger partial charge < -0.3 is 10.5 Å². The number of likely N-dealkylation sites (tertiary alicyclic amines) is 1. The minimum atomic E-state index is -0.869. The minimum Gasteiger partial charge on any atom is -0.468 e. The summed E-state index contributed by atoms with van der Waals surface area (Å²) in [6.07, 6.45) is 4.43. The first-order chi connectivity index (χ1) is 7.88.